The van der Waals surface area contributed by atoms with Crippen molar-refractivity contribution in [1.82, 2.24) is 24.8 Å². The molecule has 1 N–H and O–H groups in total. The van der Waals surface area contributed by atoms with Crippen molar-refractivity contribution in [3.05, 3.63) is 66.3 Å². The highest BCUT2D eigenvalue weighted by Crippen LogP contribution is 2.43. The minimum absolute atomic E-state index is 0. The van der Waals surface area contributed by atoms with E-state index in [9.17, 15) is 5.26 Å². The molecule has 1 aliphatic carbocycles. The summed E-state index contributed by atoms with van der Waals surface area (Å²) in [5.41, 5.74) is 4.82. The number of aromatic nitrogens is 4. The Morgan fingerprint density at radius 3 is 2.58 bits per heavy atom. The van der Waals surface area contributed by atoms with Gasteiger partial charge in [-0.2, -0.15) is 5.26 Å². The van der Waals surface area contributed by atoms with Crippen molar-refractivity contribution in [2.75, 3.05) is 49.6 Å². The second-order valence-corrected chi connectivity index (χ2v) is 10.0. The smallest absolute Gasteiger partial charge is 0.227 e. The molecule has 9 heteroatoms. The van der Waals surface area contributed by atoms with Gasteiger partial charge in [0.15, 0.2) is 5.69 Å². The van der Waals surface area contributed by atoms with E-state index in [2.05, 4.69) is 53.3 Å². The molecule has 9 nitrogen and oxygen atoms in total. The monoisotopic (exact) mass is 512 g/mol. The SMILES string of the molecule is C.N#Cc1nc(-c2ccnc(Nc3ccc(CN4CCOCC4)nc3)n2)ccc1N1CCC2(CC=CC2)C1.[HH]. The van der Waals surface area contributed by atoms with Gasteiger partial charge in [-0.25, -0.2) is 15.0 Å². The van der Waals surface area contributed by atoms with Gasteiger partial charge in [-0.05, 0) is 55.0 Å². The Labute approximate surface area is 225 Å². The first-order valence-corrected chi connectivity index (χ1v) is 12.9. The third-order valence-corrected chi connectivity index (χ3v) is 7.52. The molecule has 6 rings (SSSR count). The van der Waals surface area contributed by atoms with Crippen LogP contribution in [-0.4, -0.2) is 64.2 Å². The number of morpholine rings is 1. The second kappa shape index (κ2) is 11.3. The van der Waals surface area contributed by atoms with Crippen LogP contribution < -0.4 is 10.2 Å². The molecule has 2 fully saturated rings. The molecule has 0 radical (unpaired) electrons. The third-order valence-electron chi connectivity index (χ3n) is 7.52. The van der Waals surface area contributed by atoms with Crippen LogP contribution >= 0.6 is 0 Å². The van der Waals surface area contributed by atoms with E-state index in [0.29, 0.717) is 28.4 Å². The Morgan fingerprint density at radius 2 is 1.82 bits per heavy atom. The fourth-order valence-corrected chi connectivity index (χ4v) is 5.43. The molecular weight excluding hydrogens is 476 g/mol. The Hall–Kier alpha value is -3.87. The zero-order chi connectivity index (χ0) is 25.1. The quantitative estimate of drug-likeness (QED) is 0.466. The molecule has 3 aliphatic rings. The van der Waals surface area contributed by atoms with E-state index in [-0.39, 0.29) is 8.85 Å². The van der Waals surface area contributed by atoms with Gasteiger partial charge >= 0.3 is 0 Å². The van der Waals surface area contributed by atoms with Crippen LogP contribution in [0.15, 0.2) is 54.9 Å². The number of rotatable bonds is 6. The first kappa shape index (κ1) is 25.8. The molecule has 3 aromatic heterocycles. The summed E-state index contributed by atoms with van der Waals surface area (Å²) in [4.78, 5) is 22.9. The molecule has 3 aromatic rings. The van der Waals surface area contributed by atoms with E-state index in [0.717, 1.165) is 82.3 Å². The lowest BCUT2D eigenvalue weighted by Gasteiger charge is -2.26. The molecular formula is C29H36N8O. The number of ether oxygens (including phenoxy) is 1. The minimum atomic E-state index is 0. The van der Waals surface area contributed by atoms with Crippen LogP contribution in [0, 0.1) is 16.7 Å². The molecule has 0 saturated carbocycles. The van der Waals surface area contributed by atoms with Crippen LogP contribution in [0.1, 0.15) is 39.5 Å². The van der Waals surface area contributed by atoms with Crippen LogP contribution in [-0.2, 0) is 11.3 Å². The summed E-state index contributed by atoms with van der Waals surface area (Å²) in [6.45, 7) is 6.15. The maximum Gasteiger partial charge on any atom is 0.227 e. The first-order chi connectivity index (χ1) is 18.2. The molecule has 0 unspecified atom stereocenters. The van der Waals surface area contributed by atoms with Crippen LogP contribution in [0.25, 0.3) is 11.4 Å². The predicted octanol–water partition coefficient (Wildman–Crippen LogP) is 4.81. The fraction of sp³-hybridized carbons (Fsp3) is 0.414. The second-order valence-electron chi connectivity index (χ2n) is 10.0. The van der Waals surface area contributed by atoms with Crippen LogP contribution in [0.3, 0.4) is 0 Å². The van der Waals surface area contributed by atoms with Gasteiger partial charge in [-0.15, -0.1) is 0 Å². The molecule has 2 aliphatic heterocycles. The van der Waals surface area contributed by atoms with Crippen LogP contribution in [0.4, 0.5) is 17.3 Å². The van der Waals surface area contributed by atoms with Crippen molar-refractivity contribution >= 4 is 17.3 Å². The molecule has 0 aromatic carbocycles. The Bertz CT molecular complexity index is 1330. The molecule has 2 saturated heterocycles. The highest BCUT2D eigenvalue weighted by molar-refractivity contribution is 5.65. The number of nitrogens with one attached hydrogen (secondary N) is 1. The Balaban J connectivity index is 0.00000176. The van der Waals surface area contributed by atoms with Gasteiger partial charge in [-0.3, -0.25) is 9.88 Å². The largest absolute Gasteiger partial charge is 0.379 e. The van der Waals surface area contributed by atoms with E-state index in [1.807, 2.05) is 30.3 Å². The lowest BCUT2D eigenvalue weighted by molar-refractivity contribution is 0.0336. The number of hydrogen-bond acceptors (Lipinski definition) is 9. The summed E-state index contributed by atoms with van der Waals surface area (Å²) in [7, 11) is 0. The van der Waals surface area contributed by atoms with E-state index in [4.69, 9.17) is 4.74 Å². The number of nitrogens with zero attached hydrogens (tertiary/aromatic N) is 7. The van der Waals surface area contributed by atoms with E-state index < -0.39 is 0 Å². The number of allylic oxidation sites excluding steroid dienone is 2. The number of nitriles is 1. The summed E-state index contributed by atoms with van der Waals surface area (Å²) in [5.74, 6) is 0.458. The summed E-state index contributed by atoms with van der Waals surface area (Å²) >= 11 is 0. The normalized spacial score (nSPS) is 18.3. The van der Waals surface area contributed by atoms with Gasteiger partial charge in [0, 0.05) is 40.3 Å². The highest BCUT2D eigenvalue weighted by Gasteiger charge is 2.39. The van der Waals surface area contributed by atoms with E-state index >= 15 is 0 Å². The maximum absolute atomic E-state index is 9.87. The van der Waals surface area contributed by atoms with Gasteiger partial charge in [-0.1, -0.05) is 19.6 Å². The summed E-state index contributed by atoms with van der Waals surface area (Å²) in [6.07, 6.45) is 11.5. The Kier molecular flexibility index (Phi) is 7.63. The van der Waals surface area contributed by atoms with Crippen molar-refractivity contribution in [2.45, 2.75) is 33.2 Å². The van der Waals surface area contributed by atoms with Crippen molar-refractivity contribution in [2.24, 2.45) is 5.41 Å². The zero-order valence-corrected chi connectivity index (χ0v) is 20.8. The highest BCUT2D eigenvalue weighted by atomic mass is 16.5. The average molecular weight is 513 g/mol. The van der Waals surface area contributed by atoms with Crippen molar-refractivity contribution in [3.8, 4) is 17.5 Å². The van der Waals surface area contributed by atoms with Gasteiger partial charge in [0.2, 0.25) is 5.95 Å². The van der Waals surface area contributed by atoms with Crippen molar-refractivity contribution < 1.29 is 6.16 Å². The summed E-state index contributed by atoms with van der Waals surface area (Å²) < 4.78 is 5.41. The van der Waals surface area contributed by atoms with Crippen LogP contribution in [0.2, 0.25) is 0 Å². The van der Waals surface area contributed by atoms with Gasteiger partial charge in [0.05, 0.1) is 47.9 Å². The van der Waals surface area contributed by atoms with Gasteiger partial charge < -0.3 is 15.0 Å². The van der Waals surface area contributed by atoms with E-state index in [1.54, 1.807) is 12.4 Å². The lowest BCUT2D eigenvalue weighted by Crippen LogP contribution is -2.35. The van der Waals surface area contributed by atoms with Gasteiger partial charge in [0.1, 0.15) is 6.07 Å². The van der Waals surface area contributed by atoms with Crippen LogP contribution in [0.5, 0.6) is 0 Å². The number of pyridine rings is 2. The first-order valence-electron chi connectivity index (χ1n) is 12.9. The van der Waals surface area contributed by atoms with Crippen molar-refractivity contribution in [3.63, 3.8) is 0 Å². The molecule has 0 bridgehead atoms. The minimum Gasteiger partial charge on any atom is -0.379 e. The van der Waals surface area contributed by atoms with Crippen molar-refractivity contribution in [1.29, 1.82) is 5.26 Å². The molecule has 5 heterocycles. The summed E-state index contributed by atoms with van der Waals surface area (Å²) in [5, 5.41) is 13.1. The topological polar surface area (TPSA) is 103 Å². The molecule has 0 amide bonds. The standard InChI is InChI=1S/C28H30N8O.CH4.H2/c29-17-25-26(36-12-10-28(20-36)8-1-2-9-28)6-5-23(33-25)24-7-11-30-27(34-24)32-21-3-4-22(31-18-21)19-35-13-15-37-16-14-35;;/h1-7,11,18H,8-10,12-16,19-20H2,(H,30,32,34);1H4;1H. The number of anilines is 3. The zero-order valence-electron chi connectivity index (χ0n) is 20.8. The van der Waals surface area contributed by atoms with Gasteiger partial charge in [0.25, 0.3) is 0 Å². The summed E-state index contributed by atoms with van der Waals surface area (Å²) in [6, 6.07) is 12.1. The lowest BCUT2D eigenvalue weighted by atomic mass is 9.85. The molecule has 1 spiro atoms. The average Bonchev–Trinajstić information content (AvgIpc) is 3.59. The molecule has 0 atom stereocenters. The van der Waals surface area contributed by atoms with E-state index in [1.165, 1.54) is 0 Å². The third kappa shape index (κ3) is 5.52. The predicted molar refractivity (Wildman–Crippen MR) is 150 cm³/mol. The fourth-order valence-electron chi connectivity index (χ4n) is 5.43. The molecule has 38 heavy (non-hydrogen) atoms. The maximum atomic E-state index is 9.87. The molecule has 198 valence electrons. The number of hydrogen-bond donors (Lipinski definition) is 1. The Morgan fingerprint density at radius 1 is 1.00 bits per heavy atom.